The number of carbonyl (C=O) groups excluding carboxylic acids is 2. The maximum absolute atomic E-state index is 13.0. The molecule has 0 bridgehead atoms. The standard InChI is InChI=1S/C23H29N3O4/c24-22(29)18-5-1-3-16(13-18)11-12-25-23(30)26(19-7-9-20(27)10-8-19)15-17-4-2-6-21(28)14-17/h1-6,13-14,19-20,27-28H,7-12,15H2,(H2,24,29)(H,25,30). The molecule has 0 spiro atoms. The number of phenols is 1. The summed E-state index contributed by atoms with van der Waals surface area (Å²) in [5.74, 6) is -0.307. The van der Waals surface area contributed by atoms with E-state index in [-0.39, 0.29) is 23.9 Å². The van der Waals surface area contributed by atoms with Crippen LogP contribution >= 0.6 is 0 Å². The zero-order valence-corrected chi connectivity index (χ0v) is 17.0. The van der Waals surface area contributed by atoms with E-state index in [4.69, 9.17) is 5.73 Å². The maximum atomic E-state index is 13.0. The molecule has 0 heterocycles. The Morgan fingerprint density at radius 3 is 2.43 bits per heavy atom. The number of rotatable bonds is 7. The molecule has 3 rings (SSSR count). The number of nitrogens with zero attached hydrogens (tertiary/aromatic N) is 1. The lowest BCUT2D eigenvalue weighted by molar-refractivity contribution is 0.0818. The first kappa shape index (κ1) is 21.6. The van der Waals surface area contributed by atoms with Crippen molar-refractivity contribution in [1.29, 1.82) is 0 Å². The lowest BCUT2D eigenvalue weighted by Crippen LogP contribution is -2.47. The predicted octanol–water partition coefficient (Wildman–Crippen LogP) is 2.55. The molecule has 0 atom stereocenters. The Labute approximate surface area is 176 Å². The number of hydrogen-bond acceptors (Lipinski definition) is 4. The zero-order chi connectivity index (χ0) is 21.5. The molecule has 2 aromatic carbocycles. The molecule has 0 unspecified atom stereocenters. The van der Waals surface area contributed by atoms with Crippen molar-refractivity contribution in [1.82, 2.24) is 10.2 Å². The van der Waals surface area contributed by atoms with Crippen molar-refractivity contribution in [3.05, 3.63) is 65.2 Å². The molecule has 7 heteroatoms. The van der Waals surface area contributed by atoms with Gasteiger partial charge in [0.25, 0.3) is 0 Å². The Morgan fingerprint density at radius 2 is 1.73 bits per heavy atom. The third-order valence-corrected chi connectivity index (χ3v) is 5.53. The quantitative estimate of drug-likeness (QED) is 0.560. The fourth-order valence-electron chi connectivity index (χ4n) is 3.88. The average Bonchev–Trinajstić information content (AvgIpc) is 2.73. The van der Waals surface area contributed by atoms with Gasteiger partial charge in [-0.3, -0.25) is 4.79 Å². The lowest BCUT2D eigenvalue weighted by Gasteiger charge is -2.36. The topological polar surface area (TPSA) is 116 Å². The number of phenolic OH excluding ortho intramolecular Hbond substituents is 1. The molecule has 160 valence electrons. The monoisotopic (exact) mass is 411 g/mol. The number of urea groups is 1. The molecule has 30 heavy (non-hydrogen) atoms. The molecular weight excluding hydrogens is 382 g/mol. The molecule has 0 radical (unpaired) electrons. The van der Waals surface area contributed by atoms with Crippen LogP contribution in [0.3, 0.4) is 0 Å². The van der Waals surface area contributed by atoms with Crippen LogP contribution in [0, 0.1) is 0 Å². The van der Waals surface area contributed by atoms with E-state index in [1.807, 2.05) is 12.1 Å². The van der Waals surface area contributed by atoms with E-state index in [9.17, 15) is 19.8 Å². The smallest absolute Gasteiger partial charge is 0.317 e. The predicted molar refractivity (Wildman–Crippen MR) is 114 cm³/mol. The van der Waals surface area contributed by atoms with Gasteiger partial charge in [-0.2, -0.15) is 0 Å². The van der Waals surface area contributed by atoms with Crippen molar-refractivity contribution in [3.8, 4) is 5.75 Å². The van der Waals surface area contributed by atoms with Crippen molar-refractivity contribution in [3.63, 3.8) is 0 Å². The molecule has 0 saturated heterocycles. The highest BCUT2D eigenvalue weighted by atomic mass is 16.3. The lowest BCUT2D eigenvalue weighted by atomic mass is 9.92. The Bertz CT molecular complexity index is 878. The fourth-order valence-corrected chi connectivity index (χ4v) is 3.88. The van der Waals surface area contributed by atoms with Crippen LogP contribution < -0.4 is 11.1 Å². The second kappa shape index (κ2) is 10.1. The molecule has 0 aromatic heterocycles. The third-order valence-electron chi connectivity index (χ3n) is 5.53. The highest BCUT2D eigenvalue weighted by molar-refractivity contribution is 5.92. The third kappa shape index (κ3) is 5.97. The number of aromatic hydroxyl groups is 1. The highest BCUT2D eigenvalue weighted by Gasteiger charge is 2.28. The number of amides is 3. The van der Waals surface area contributed by atoms with Crippen molar-refractivity contribution in [2.45, 2.75) is 50.8 Å². The van der Waals surface area contributed by atoms with Crippen molar-refractivity contribution in [2.24, 2.45) is 5.73 Å². The summed E-state index contributed by atoms with van der Waals surface area (Å²) in [6, 6.07) is 13.8. The number of nitrogens with two attached hydrogens (primary N) is 1. The molecule has 7 nitrogen and oxygen atoms in total. The van der Waals surface area contributed by atoms with Gasteiger partial charge in [0.05, 0.1) is 6.10 Å². The summed E-state index contributed by atoms with van der Waals surface area (Å²) in [4.78, 5) is 26.1. The van der Waals surface area contributed by atoms with Crippen LogP contribution in [0.4, 0.5) is 4.79 Å². The number of aliphatic hydroxyl groups excluding tert-OH is 1. The van der Waals surface area contributed by atoms with Gasteiger partial charge in [0, 0.05) is 24.7 Å². The van der Waals surface area contributed by atoms with Gasteiger partial charge >= 0.3 is 6.03 Å². The van der Waals surface area contributed by atoms with Gasteiger partial charge in [-0.1, -0.05) is 24.3 Å². The number of benzene rings is 2. The van der Waals surface area contributed by atoms with Crippen LogP contribution in [0.2, 0.25) is 0 Å². The van der Waals surface area contributed by atoms with E-state index in [0.717, 1.165) is 24.0 Å². The second-order valence-electron chi connectivity index (χ2n) is 7.81. The zero-order valence-electron chi connectivity index (χ0n) is 17.0. The molecule has 2 aromatic rings. The van der Waals surface area contributed by atoms with Crippen molar-refractivity contribution in [2.75, 3.05) is 6.54 Å². The van der Waals surface area contributed by atoms with Crippen LogP contribution in [0.5, 0.6) is 5.75 Å². The van der Waals surface area contributed by atoms with Gasteiger partial charge in [0.15, 0.2) is 0 Å². The molecule has 3 amide bonds. The van der Waals surface area contributed by atoms with Gasteiger partial charge in [-0.05, 0) is 67.5 Å². The average molecular weight is 412 g/mol. The second-order valence-corrected chi connectivity index (χ2v) is 7.81. The van der Waals surface area contributed by atoms with Crippen molar-refractivity contribution < 1.29 is 19.8 Å². The van der Waals surface area contributed by atoms with Gasteiger partial charge in [-0.15, -0.1) is 0 Å². The molecule has 1 saturated carbocycles. The number of hydrogen-bond donors (Lipinski definition) is 4. The first-order valence-corrected chi connectivity index (χ1v) is 10.3. The van der Waals surface area contributed by atoms with Gasteiger partial charge in [0.1, 0.15) is 5.75 Å². The number of nitrogens with one attached hydrogen (secondary N) is 1. The minimum Gasteiger partial charge on any atom is -0.508 e. The number of primary amides is 1. The van der Waals surface area contributed by atoms with Crippen molar-refractivity contribution >= 4 is 11.9 Å². The van der Waals surface area contributed by atoms with E-state index < -0.39 is 5.91 Å². The highest BCUT2D eigenvalue weighted by Crippen LogP contribution is 2.25. The van der Waals surface area contributed by atoms with Crippen LogP contribution in [0.25, 0.3) is 0 Å². The molecule has 1 aliphatic carbocycles. The Kier molecular flexibility index (Phi) is 7.30. The van der Waals surface area contributed by atoms with Gasteiger partial charge in [-0.25, -0.2) is 4.79 Å². The summed E-state index contributed by atoms with van der Waals surface area (Å²) < 4.78 is 0. The van der Waals surface area contributed by atoms with E-state index in [1.54, 1.807) is 41.3 Å². The van der Waals surface area contributed by atoms with Crippen LogP contribution in [-0.4, -0.2) is 45.7 Å². The van der Waals surface area contributed by atoms with E-state index in [1.165, 1.54) is 0 Å². The first-order valence-electron chi connectivity index (χ1n) is 10.3. The molecular formula is C23H29N3O4. The van der Waals surface area contributed by atoms with E-state index >= 15 is 0 Å². The molecule has 0 aliphatic heterocycles. The van der Waals surface area contributed by atoms with E-state index in [0.29, 0.717) is 37.9 Å². The summed E-state index contributed by atoms with van der Waals surface area (Å²) in [5, 5.41) is 22.5. The Hall–Kier alpha value is -3.06. The minimum atomic E-state index is -0.474. The van der Waals surface area contributed by atoms with Crippen LogP contribution in [-0.2, 0) is 13.0 Å². The molecule has 5 N–H and O–H groups in total. The SMILES string of the molecule is NC(=O)c1cccc(CCNC(=O)N(Cc2cccc(O)c2)C2CCC(O)CC2)c1. The van der Waals surface area contributed by atoms with E-state index in [2.05, 4.69) is 5.32 Å². The minimum absolute atomic E-state index is 0.0361. The van der Waals surface area contributed by atoms with Crippen LogP contribution in [0.15, 0.2) is 48.5 Å². The summed E-state index contributed by atoms with van der Waals surface area (Å²) in [6.45, 7) is 0.811. The van der Waals surface area contributed by atoms with Gasteiger partial charge in [0.2, 0.25) is 5.91 Å². The summed E-state index contributed by atoms with van der Waals surface area (Å²) in [7, 11) is 0. The number of aliphatic hydroxyl groups is 1. The summed E-state index contributed by atoms with van der Waals surface area (Å²) in [5.41, 5.74) is 7.55. The first-order chi connectivity index (χ1) is 14.4. The summed E-state index contributed by atoms with van der Waals surface area (Å²) >= 11 is 0. The van der Waals surface area contributed by atoms with Crippen LogP contribution in [0.1, 0.15) is 47.2 Å². The maximum Gasteiger partial charge on any atom is 0.317 e. The summed E-state index contributed by atoms with van der Waals surface area (Å²) in [6.07, 6.45) is 3.12. The Morgan fingerprint density at radius 1 is 1.03 bits per heavy atom. The normalized spacial score (nSPS) is 18.6. The fraction of sp³-hybridized carbons (Fsp3) is 0.391. The molecule has 1 fully saturated rings. The molecule has 1 aliphatic rings. The number of carbonyl (C=O) groups is 2. The Balaban J connectivity index is 1.64. The van der Waals surface area contributed by atoms with Gasteiger partial charge < -0.3 is 26.2 Å². The largest absolute Gasteiger partial charge is 0.508 e.